The molecule has 7 nitrogen and oxygen atoms in total. The second kappa shape index (κ2) is 6.05. The Bertz CT molecular complexity index is 642. The molecule has 7 heteroatoms. The molecule has 0 aliphatic rings. The van der Waals surface area contributed by atoms with Crippen molar-refractivity contribution in [1.29, 1.82) is 0 Å². The van der Waals surface area contributed by atoms with Gasteiger partial charge in [-0.3, -0.25) is 4.98 Å². The number of hydrogen-bond acceptors (Lipinski definition) is 4. The number of hydrogen-bond donors (Lipinski definition) is 2. The maximum Gasteiger partial charge on any atom is 0.373 e. The Morgan fingerprint density at radius 1 is 1.40 bits per heavy atom. The number of aromatic nitrogens is 3. The molecule has 1 aromatic carbocycles. The lowest BCUT2D eigenvalue weighted by Crippen LogP contribution is -2.15. The molecule has 0 radical (unpaired) electrons. The third kappa shape index (κ3) is 3.05. The van der Waals surface area contributed by atoms with Gasteiger partial charge in [-0.2, -0.15) is 4.68 Å². The third-order valence-corrected chi connectivity index (χ3v) is 2.67. The number of aromatic amines is 1. The first kappa shape index (κ1) is 13.9. The lowest BCUT2D eigenvalue weighted by Gasteiger charge is -2.05. The number of carboxylic acids is 1. The van der Waals surface area contributed by atoms with Crippen LogP contribution >= 0.6 is 0 Å². The lowest BCUT2D eigenvalue weighted by atomic mass is 10.3. The Balaban J connectivity index is 2.17. The standard InChI is InChI=1S/C13H15N3O4/c1-2-3-8-20-10-6-4-9(5-7-10)16-13(19)14-11(15-16)12(17)18/h4-7H,2-3,8H2,1H3,(H,17,18)(H,14,15,19). The van der Waals surface area contributed by atoms with Crippen molar-refractivity contribution < 1.29 is 14.6 Å². The average molecular weight is 277 g/mol. The largest absolute Gasteiger partial charge is 0.494 e. The van der Waals surface area contributed by atoms with Gasteiger partial charge in [0.25, 0.3) is 0 Å². The van der Waals surface area contributed by atoms with Crippen LogP contribution in [0.3, 0.4) is 0 Å². The molecular formula is C13H15N3O4. The molecule has 0 atom stereocenters. The second-order valence-corrected chi connectivity index (χ2v) is 4.19. The highest BCUT2D eigenvalue weighted by Gasteiger charge is 2.12. The van der Waals surface area contributed by atoms with Gasteiger partial charge in [0.2, 0.25) is 5.82 Å². The van der Waals surface area contributed by atoms with E-state index in [1.54, 1.807) is 24.3 Å². The summed E-state index contributed by atoms with van der Waals surface area (Å²) in [6, 6.07) is 6.73. The van der Waals surface area contributed by atoms with Crippen molar-refractivity contribution in [2.75, 3.05) is 6.61 Å². The van der Waals surface area contributed by atoms with Gasteiger partial charge in [0.1, 0.15) is 5.75 Å². The summed E-state index contributed by atoms with van der Waals surface area (Å²) >= 11 is 0. The monoisotopic (exact) mass is 277 g/mol. The van der Waals surface area contributed by atoms with Crippen LogP contribution in [0.15, 0.2) is 29.1 Å². The van der Waals surface area contributed by atoms with Crippen molar-refractivity contribution in [3.05, 3.63) is 40.6 Å². The van der Waals surface area contributed by atoms with Gasteiger partial charge in [0.05, 0.1) is 12.3 Å². The minimum atomic E-state index is -1.28. The molecule has 2 N–H and O–H groups in total. The van der Waals surface area contributed by atoms with Crippen LogP contribution in [0.5, 0.6) is 5.75 Å². The van der Waals surface area contributed by atoms with Crippen LogP contribution in [-0.4, -0.2) is 32.4 Å². The smallest absolute Gasteiger partial charge is 0.373 e. The van der Waals surface area contributed by atoms with E-state index >= 15 is 0 Å². The van der Waals surface area contributed by atoms with Crippen molar-refractivity contribution in [2.45, 2.75) is 19.8 Å². The van der Waals surface area contributed by atoms with Crippen LogP contribution in [0.25, 0.3) is 5.69 Å². The molecule has 1 aromatic heterocycles. The van der Waals surface area contributed by atoms with Crippen LogP contribution in [0.1, 0.15) is 30.4 Å². The highest BCUT2D eigenvalue weighted by molar-refractivity contribution is 5.82. The Labute approximate surface area is 114 Å². The number of rotatable bonds is 6. The van der Waals surface area contributed by atoms with E-state index in [0.717, 1.165) is 17.5 Å². The normalized spacial score (nSPS) is 10.4. The van der Waals surface area contributed by atoms with Gasteiger partial charge in [-0.25, -0.2) is 9.59 Å². The first-order valence-electron chi connectivity index (χ1n) is 6.27. The van der Waals surface area contributed by atoms with Crippen molar-refractivity contribution >= 4 is 5.97 Å². The minimum absolute atomic E-state index is 0.390. The Kier molecular flexibility index (Phi) is 4.19. The number of unbranched alkanes of at least 4 members (excludes halogenated alkanes) is 1. The minimum Gasteiger partial charge on any atom is -0.494 e. The molecule has 20 heavy (non-hydrogen) atoms. The van der Waals surface area contributed by atoms with E-state index in [0.29, 0.717) is 18.0 Å². The van der Waals surface area contributed by atoms with Gasteiger partial charge < -0.3 is 9.84 Å². The topological polar surface area (TPSA) is 97.2 Å². The fourth-order valence-corrected chi connectivity index (χ4v) is 1.61. The molecule has 0 bridgehead atoms. The number of nitrogens with one attached hydrogen (secondary N) is 1. The SMILES string of the molecule is CCCCOc1ccc(-n2nc(C(=O)O)[nH]c2=O)cc1. The predicted molar refractivity (Wildman–Crippen MR) is 71.5 cm³/mol. The van der Waals surface area contributed by atoms with Crippen LogP contribution in [0.2, 0.25) is 0 Å². The first-order chi connectivity index (χ1) is 9.61. The maximum atomic E-state index is 11.6. The van der Waals surface area contributed by atoms with E-state index in [-0.39, 0.29) is 0 Å². The molecule has 0 unspecified atom stereocenters. The van der Waals surface area contributed by atoms with Gasteiger partial charge in [-0.15, -0.1) is 5.10 Å². The molecule has 106 valence electrons. The number of aromatic carboxylic acids is 1. The number of ether oxygens (including phenoxy) is 1. The molecule has 2 rings (SSSR count). The van der Waals surface area contributed by atoms with E-state index in [1.165, 1.54) is 0 Å². The zero-order valence-corrected chi connectivity index (χ0v) is 11.0. The summed E-state index contributed by atoms with van der Waals surface area (Å²) in [5.74, 6) is -0.970. The molecular weight excluding hydrogens is 262 g/mol. The fraction of sp³-hybridized carbons (Fsp3) is 0.308. The van der Waals surface area contributed by atoms with Crippen LogP contribution in [-0.2, 0) is 0 Å². The van der Waals surface area contributed by atoms with Gasteiger partial charge in [0, 0.05) is 0 Å². The number of H-pyrrole nitrogens is 1. The molecule has 2 aromatic rings. The highest BCUT2D eigenvalue weighted by Crippen LogP contribution is 2.14. The molecule has 0 fully saturated rings. The first-order valence-corrected chi connectivity index (χ1v) is 6.27. The molecule has 0 amide bonds. The molecule has 0 spiro atoms. The summed E-state index contributed by atoms with van der Waals surface area (Å²) in [5, 5.41) is 12.5. The van der Waals surface area contributed by atoms with Crippen LogP contribution < -0.4 is 10.4 Å². The third-order valence-electron chi connectivity index (χ3n) is 2.67. The maximum absolute atomic E-state index is 11.6. The summed E-state index contributed by atoms with van der Waals surface area (Å²) in [6.07, 6.45) is 2.03. The molecule has 0 aliphatic carbocycles. The zero-order chi connectivity index (χ0) is 14.5. The molecule has 0 saturated carbocycles. The number of carbonyl (C=O) groups is 1. The average Bonchev–Trinajstić information content (AvgIpc) is 2.82. The molecule has 0 saturated heterocycles. The molecule has 1 heterocycles. The summed E-state index contributed by atoms with van der Waals surface area (Å²) in [4.78, 5) is 24.5. The van der Waals surface area contributed by atoms with Crippen LogP contribution in [0.4, 0.5) is 0 Å². The lowest BCUT2D eigenvalue weighted by molar-refractivity contribution is 0.0683. The van der Waals surface area contributed by atoms with Gasteiger partial charge in [-0.1, -0.05) is 13.3 Å². The quantitative estimate of drug-likeness (QED) is 0.779. The molecule has 0 aliphatic heterocycles. The Morgan fingerprint density at radius 3 is 2.65 bits per heavy atom. The van der Waals surface area contributed by atoms with Crippen molar-refractivity contribution in [1.82, 2.24) is 14.8 Å². The highest BCUT2D eigenvalue weighted by atomic mass is 16.5. The van der Waals surface area contributed by atoms with E-state index in [2.05, 4.69) is 17.0 Å². The number of carboxylic acid groups (broad SMARTS) is 1. The Morgan fingerprint density at radius 2 is 2.10 bits per heavy atom. The van der Waals surface area contributed by atoms with Gasteiger partial charge in [0.15, 0.2) is 0 Å². The van der Waals surface area contributed by atoms with Gasteiger partial charge >= 0.3 is 11.7 Å². The number of benzene rings is 1. The fourth-order valence-electron chi connectivity index (χ4n) is 1.61. The zero-order valence-electron chi connectivity index (χ0n) is 11.0. The van der Waals surface area contributed by atoms with Crippen molar-refractivity contribution in [3.63, 3.8) is 0 Å². The van der Waals surface area contributed by atoms with E-state index in [1.807, 2.05) is 0 Å². The van der Waals surface area contributed by atoms with E-state index in [9.17, 15) is 9.59 Å². The summed E-state index contributed by atoms with van der Waals surface area (Å²) in [7, 11) is 0. The second-order valence-electron chi connectivity index (χ2n) is 4.19. The predicted octanol–water partition coefficient (Wildman–Crippen LogP) is 1.44. The Hall–Kier alpha value is -2.57. The summed E-state index contributed by atoms with van der Waals surface area (Å²) < 4.78 is 6.50. The van der Waals surface area contributed by atoms with Crippen molar-refractivity contribution in [2.24, 2.45) is 0 Å². The summed E-state index contributed by atoms with van der Waals surface area (Å²) in [6.45, 7) is 2.72. The van der Waals surface area contributed by atoms with E-state index < -0.39 is 17.5 Å². The number of nitrogens with zero attached hydrogens (tertiary/aromatic N) is 2. The van der Waals surface area contributed by atoms with Crippen molar-refractivity contribution in [3.8, 4) is 11.4 Å². The summed E-state index contributed by atoms with van der Waals surface area (Å²) in [5.41, 5.74) is -0.122. The van der Waals surface area contributed by atoms with Crippen LogP contribution in [0, 0.1) is 0 Å². The van der Waals surface area contributed by atoms with Gasteiger partial charge in [-0.05, 0) is 30.7 Å². The van der Waals surface area contributed by atoms with E-state index in [4.69, 9.17) is 9.84 Å².